The molecule has 0 fully saturated rings. The van der Waals surface area contributed by atoms with E-state index in [4.69, 9.17) is 11.6 Å². The summed E-state index contributed by atoms with van der Waals surface area (Å²) < 4.78 is 0. The minimum atomic E-state index is -0.684. The van der Waals surface area contributed by atoms with Crippen molar-refractivity contribution in [2.24, 2.45) is 0 Å². The summed E-state index contributed by atoms with van der Waals surface area (Å²) in [5, 5.41) is 3.54. The first-order valence-electron chi connectivity index (χ1n) is 7.89. The second-order valence-electron chi connectivity index (χ2n) is 5.83. The maximum Gasteiger partial charge on any atom is 0.185 e. The van der Waals surface area contributed by atoms with Crippen LogP contribution < -0.4 is 0 Å². The van der Waals surface area contributed by atoms with E-state index in [1.807, 2.05) is 72.8 Å². The smallest absolute Gasteiger partial charge is 0.185 e. The molecule has 0 spiro atoms. The van der Waals surface area contributed by atoms with Gasteiger partial charge in [-0.05, 0) is 33.2 Å². The number of ketones is 1. The number of carbonyl (C=O) groups excluding carboxylic acids is 1. The molecule has 0 saturated heterocycles. The van der Waals surface area contributed by atoms with Crippen LogP contribution in [0.1, 0.15) is 21.3 Å². The normalized spacial score (nSPS) is 12.4. The summed E-state index contributed by atoms with van der Waals surface area (Å²) in [5.74, 6) is -0.0650. The molecule has 0 amide bonds. The molecule has 1 nitrogen and oxygen atoms in total. The van der Waals surface area contributed by atoms with Crippen molar-refractivity contribution < 1.29 is 4.79 Å². The average Bonchev–Trinajstić information content (AvgIpc) is 2.67. The molecule has 2 heteroatoms. The van der Waals surface area contributed by atoms with Gasteiger partial charge in [0.25, 0.3) is 0 Å². The third-order valence-corrected chi connectivity index (χ3v) is 4.81. The lowest BCUT2D eigenvalue weighted by Gasteiger charge is -2.13. The molecule has 0 aromatic heterocycles. The Bertz CT molecular complexity index is 1040. The van der Waals surface area contributed by atoms with Crippen LogP contribution in [-0.2, 0) is 0 Å². The van der Waals surface area contributed by atoms with Crippen molar-refractivity contribution in [2.45, 2.75) is 5.38 Å². The largest absolute Gasteiger partial charge is 0.292 e. The van der Waals surface area contributed by atoms with Gasteiger partial charge < -0.3 is 0 Å². The summed E-state index contributed by atoms with van der Waals surface area (Å²) in [6.45, 7) is 0. The predicted octanol–water partition coefficient (Wildman–Crippen LogP) is 6.16. The van der Waals surface area contributed by atoms with E-state index in [2.05, 4.69) is 12.1 Å². The quantitative estimate of drug-likeness (QED) is 0.250. The number of benzene rings is 4. The van der Waals surface area contributed by atoms with Gasteiger partial charge >= 0.3 is 0 Å². The van der Waals surface area contributed by atoms with Crippen molar-refractivity contribution in [3.8, 4) is 0 Å². The Morgan fingerprint density at radius 1 is 0.708 bits per heavy atom. The highest BCUT2D eigenvalue weighted by atomic mass is 35.5. The molecule has 4 aromatic rings. The first-order valence-corrected chi connectivity index (χ1v) is 8.33. The molecule has 4 aromatic carbocycles. The summed E-state index contributed by atoms with van der Waals surface area (Å²) in [6, 6.07) is 27.6. The maximum absolute atomic E-state index is 13.1. The standard InChI is InChI=1S/C22H15ClO/c23-21(15-8-2-1-3-9-15)22(24)20-14-16-10-4-5-11-17(16)18-12-6-7-13-19(18)20/h1-14,21H. The van der Waals surface area contributed by atoms with Crippen LogP contribution >= 0.6 is 11.6 Å². The van der Waals surface area contributed by atoms with Crippen molar-refractivity contribution in [1.29, 1.82) is 0 Å². The van der Waals surface area contributed by atoms with Gasteiger partial charge in [-0.2, -0.15) is 0 Å². The predicted molar refractivity (Wildman–Crippen MR) is 101 cm³/mol. The van der Waals surface area contributed by atoms with Crippen LogP contribution in [0.15, 0.2) is 84.9 Å². The highest BCUT2D eigenvalue weighted by molar-refractivity contribution is 6.36. The van der Waals surface area contributed by atoms with Crippen LogP contribution in [0.2, 0.25) is 0 Å². The van der Waals surface area contributed by atoms with Crippen LogP contribution in [0.3, 0.4) is 0 Å². The van der Waals surface area contributed by atoms with Crippen LogP contribution in [0.5, 0.6) is 0 Å². The highest BCUT2D eigenvalue weighted by Crippen LogP contribution is 2.33. The highest BCUT2D eigenvalue weighted by Gasteiger charge is 2.22. The van der Waals surface area contributed by atoms with Gasteiger partial charge in [-0.1, -0.05) is 78.9 Å². The molecule has 4 rings (SSSR count). The Hall–Kier alpha value is -2.64. The lowest BCUT2D eigenvalue weighted by Crippen LogP contribution is -2.08. The number of carbonyl (C=O) groups is 1. The lowest BCUT2D eigenvalue weighted by molar-refractivity contribution is 0.0989. The summed E-state index contributed by atoms with van der Waals surface area (Å²) in [4.78, 5) is 13.1. The van der Waals surface area contributed by atoms with Gasteiger partial charge in [0.05, 0.1) is 0 Å². The monoisotopic (exact) mass is 330 g/mol. The van der Waals surface area contributed by atoms with E-state index in [0.717, 1.165) is 27.1 Å². The first kappa shape index (κ1) is 14.9. The van der Waals surface area contributed by atoms with Crippen molar-refractivity contribution >= 4 is 38.9 Å². The van der Waals surface area contributed by atoms with Gasteiger partial charge in [0, 0.05) is 5.56 Å². The summed E-state index contributed by atoms with van der Waals surface area (Å²) >= 11 is 6.49. The number of halogens is 1. The second kappa shape index (κ2) is 6.10. The number of hydrogen-bond acceptors (Lipinski definition) is 1. The first-order chi connectivity index (χ1) is 11.8. The number of rotatable bonds is 3. The van der Waals surface area contributed by atoms with Crippen molar-refractivity contribution in [2.75, 3.05) is 0 Å². The molecule has 0 N–H and O–H groups in total. The van der Waals surface area contributed by atoms with Crippen LogP contribution in [0.4, 0.5) is 0 Å². The maximum atomic E-state index is 13.1. The van der Waals surface area contributed by atoms with E-state index in [0.29, 0.717) is 5.56 Å². The fourth-order valence-electron chi connectivity index (χ4n) is 3.17. The van der Waals surface area contributed by atoms with E-state index in [1.165, 1.54) is 0 Å². The minimum Gasteiger partial charge on any atom is -0.292 e. The van der Waals surface area contributed by atoms with Crippen molar-refractivity contribution in [1.82, 2.24) is 0 Å². The van der Waals surface area contributed by atoms with Gasteiger partial charge in [-0.25, -0.2) is 0 Å². The molecule has 0 radical (unpaired) electrons. The molecule has 0 aliphatic carbocycles. The molecule has 1 atom stereocenters. The van der Waals surface area contributed by atoms with Gasteiger partial charge in [0.1, 0.15) is 5.38 Å². The number of Topliss-reactive ketones (excluding diaryl/α,β-unsaturated/α-hetero) is 1. The molecular weight excluding hydrogens is 316 g/mol. The van der Waals surface area contributed by atoms with Crippen LogP contribution in [0, 0.1) is 0 Å². The fourth-order valence-corrected chi connectivity index (χ4v) is 3.43. The average molecular weight is 331 g/mol. The van der Waals surface area contributed by atoms with Crippen LogP contribution in [-0.4, -0.2) is 5.78 Å². The van der Waals surface area contributed by atoms with Crippen molar-refractivity contribution in [3.63, 3.8) is 0 Å². The Balaban J connectivity index is 1.93. The zero-order chi connectivity index (χ0) is 16.5. The van der Waals surface area contributed by atoms with E-state index in [9.17, 15) is 4.79 Å². The SMILES string of the molecule is O=C(c1cc2ccccc2c2ccccc12)C(Cl)c1ccccc1. The van der Waals surface area contributed by atoms with Gasteiger partial charge in [0.15, 0.2) is 5.78 Å². The van der Waals surface area contributed by atoms with E-state index in [-0.39, 0.29) is 5.78 Å². The molecule has 0 saturated carbocycles. The van der Waals surface area contributed by atoms with Crippen molar-refractivity contribution in [3.05, 3.63) is 96.1 Å². The van der Waals surface area contributed by atoms with E-state index in [1.54, 1.807) is 0 Å². The zero-order valence-corrected chi connectivity index (χ0v) is 13.7. The minimum absolute atomic E-state index is 0.0650. The molecular formula is C22H15ClO. The van der Waals surface area contributed by atoms with Crippen LogP contribution in [0.25, 0.3) is 21.5 Å². The van der Waals surface area contributed by atoms with Gasteiger partial charge in [-0.3, -0.25) is 4.79 Å². The Kier molecular flexibility index (Phi) is 3.79. The van der Waals surface area contributed by atoms with E-state index >= 15 is 0 Å². The molecule has 0 heterocycles. The fraction of sp³-hybridized carbons (Fsp3) is 0.0455. The number of fused-ring (bicyclic) bond motifs is 3. The van der Waals surface area contributed by atoms with Gasteiger partial charge in [-0.15, -0.1) is 11.6 Å². The summed E-state index contributed by atoms with van der Waals surface area (Å²) in [5.41, 5.74) is 1.49. The summed E-state index contributed by atoms with van der Waals surface area (Å²) in [7, 11) is 0. The topological polar surface area (TPSA) is 17.1 Å². The molecule has 24 heavy (non-hydrogen) atoms. The molecule has 1 unspecified atom stereocenters. The third-order valence-electron chi connectivity index (χ3n) is 4.36. The Morgan fingerprint density at radius 2 is 1.29 bits per heavy atom. The molecule has 0 bridgehead atoms. The number of alkyl halides is 1. The second-order valence-corrected chi connectivity index (χ2v) is 6.26. The molecule has 116 valence electrons. The zero-order valence-electron chi connectivity index (χ0n) is 12.9. The summed E-state index contributed by atoms with van der Waals surface area (Å²) in [6.07, 6.45) is 0. The van der Waals surface area contributed by atoms with E-state index < -0.39 is 5.38 Å². The Morgan fingerprint density at radius 3 is 2.04 bits per heavy atom. The number of hydrogen-bond donors (Lipinski definition) is 0. The molecule has 0 aliphatic rings. The van der Waals surface area contributed by atoms with Gasteiger partial charge in [0.2, 0.25) is 0 Å². The molecule has 0 aliphatic heterocycles. The lowest BCUT2D eigenvalue weighted by atomic mass is 9.93. The third kappa shape index (κ3) is 2.47. The Labute approximate surface area is 145 Å².